The number of rotatable bonds is 10. The van der Waals surface area contributed by atoms with Crippen LogP contribution in [0, 0.1) is 0 Å². The Labute approximate surface area is 121 Å². The molecule has 1 rings (SSSR count). The van der Waals surface area contributed by atoms with E-state index in [2.05, 4.69) is 22.3 Å². The third-order valence-electron chi connectivity index (χ3n) is 3.04. The van der Waals surface area contributed by atoms with Gasteiger partial charge in [0.05, 0.1) is 19.3 Å². The van der Waals surface area contributed by atoms with Crippen molar-refractivity contribution in [1.29, 1.82) is 0 Å². The molecule has 0 aliphatic rings. The van der Waals surface area contributed by atoms with Gasteiger partial charge in [-0.15, -0.1) is 0 Å². The molecule has 2 N–H and O–H groups in total. The van der Waals surface area contributed by atoms with Gasteiger partial charge in [0.1, 0.15) is 0 Å². The topological polar surface area (TPSA) is 54.0 Å². The molecule has 0 spiro atoms. The van der Waals surface area contributed by atoms with Crippen molar-refractivity contribution in [2.75, 3.05) is 52.5 Å². The van der Waals surface area contributed by atoms with E-state index >= 15 is 0 Å². The third kappa shape index (κ3) is 5.88. The van der Waals surface area contributed by atoms with Crippen molar-refractivity contribution >= 4 is 5.69 Å². The highest BCUT2D eigenvalue weighted by atomic mass is 16.5. The van der Waals surface area contributed by atoms with Crippen LogP contribution in [0.5, 0.6) is 0 Å². The van der Waals surface area contributed by atoms with Gasteiger partial charge in [-0.05, 0) is 11.6 Å². The van der Waals surface area contributed by atoms with Crippen LogP contribution in [0.15, 0.2) is 24.3 Å². The van der Waals surface area contributed by atoms with Crippen molar-refractivity contribution in [2.24, 2.45) is 0 Å². The van der Waals surface area contributed by atoms with Crippen LogP contribution in [-0.2, 0) is 16.0 Å². The van der Waals surface area contributed by atoms with E-state index in [9.17, 15) is 5.11 Å². The zero-order chi connectivity index (χ0) is 14.8. The third-order valence-corrected chi connectivity index (χ3v) is 3.04. The summed E-state index contributed by atoms with van der Waals surface area (Å²) in [4.78, 5) is 2.05. The minimum Gasteiger partial charge on any atom is -0.389 e. The maximum absolute atomic E-state index is 9.82. The summed E-state index contributed by atoms with van der Waals surface area (Å²) in [5.74, 6) is 0. The average molecular weight is 282 g/mol. The van der Waals surface area contributed by atoms with E-state index in [4.69, 9.17) is 9.47 Å². The average Bonchev–Trinajstić information content (AvgIpc) is 2.44. The molecule has 1 unspecified atom stereocenters. The molecule has 0 bridgehead atoms. The molecular weight excluding hydrogens is 256 g/mol. The molecule has 1 aromatic carbocycles. The van der Waals surface area contributed by atoms with E-state index in [-0.39, 0.29) is 0 Å². The Balaban J connectivity index is 2.59. The lowest BCUT2D eigenvalue weighted by atomic mass is 10.1. The fourth-order valence-corrected chi connectivity index (χ4v) is 2.09. The standard InChI is InChI=1S/C15H26N2O3/c1-17(11-14(18)12-20-3)15-7-5-4-6-13(15)10-16-8-9-19-2/h4-7,14,16,18H,8-12H2,1-3H3. The number of anilines is 1. The molecule has 5 heteroatoms. The Hall–Kier alpha value is -1.14. The molecule has 20 heavy (non-hydrogen) atoms. The molecule has 0 radical (unpaired) electrons. The molecule has 5 nitrogen and oxygen atoms in total. The number of para-hydroxylation sites is 1. The molecule has 0 saturated carbocycles. The van der Waals surface area contributed by atoms with Gasteiger partial charge in [-0.25, -0.2) is 0 Å². The summed E-state index contributed by atoms with van der Waals surface area (Å²) in [5, 5.41) is 13.2. The van der Waals surface area contributed by atoms with Gasteiger partial charge < -0.3 is 24.8 Å². The van der Waals surface area contributed by atoms with Gasteiger partial charge in [-0.1, -0.05) is 18.2 Å². The molecule has 0 heterocycles. The number of hydrogen-bond acceptors (Lipinski definition) is 5. The molecular formula is C15H26N2O3. The second-order valence-electron chi connectivity index (χ2n) is 4.79. The van der Waals surface area contributed by atoms with E-state index in [1.807, 2.05) is 19.2 Å². The zero-order valence-electron chi connectivity index (χ0n) is 12.6. The monoisotopic (exact) mass is 282 g/mol. The van der Waals surface area contributed by atoms with Crippen molar-refractivity contribution in [3.05, 3.63) is 29.8 Å². The second kappa shape index (κ2) is 9.72. The van der Waals surface area contributed by atoms with Gasteiger partial charge in [0.25, 0.3) is 0 Å². The summed E-state index contributed by atoms with van der Waals surface area (Å²) < 4.78 is 9.98. The van der Waals surface area contributed by atoms with Crippen molar-refractivity contribution in [2.45, 2.75) is 12.6 Å². The summed E-state index contributed by atoms with van der Waals surface area (Å²) in [7, 11) is 5.27. The lowest BCUT2D eigenvalue weighted by Gasteiger charge is -2.25. The molecule has 0 aliphatic heterocycles. The molecule has 0 aliphatic carbocycles. The van der Waals surface area contributed by atoms with Crippen LogP contribution in [0.3, 0.4) is 0 Å². The van der Waals surface area contributed by atoms with E-state index < -0.39 is 6.10 Å². The number of aliphatic hydroxyl groups is 1. The number of aliphatic hydroxyl groups excluding tert-OH is 1. The second-order valence-corrected chi connectivity index (χ2v) is 4.79. The molecule has 0 saturated heterocycles. The quantitative estimate of drug-likeness (QED) is 0.624. The number of methoxy groups -OCH3 is 2. The van der Waals surface area contributed by atoms with E-state index in [0.717, 1.165) is 18.8 Å². The van der Waals surface area contributed by atoms with Crippen LogP contribution in [0.4, 0.5) is 5.69 Å². The van der Waals surface area contributed by atoms with Gasteiger partial charge in [0.15, 0.2) is 0 Å². The van der Waals surface area contributed by atoms with Crippen molar-refractivity contribution in [3.63, 3.8) is 0 Å². The molecule has 1 aromatic rings. The summed E-state index contributed by atoms with van der Waals surface area (Å²) in [6.07, 6.45) is -0.487. The maximum Gasteiger partial charge on any atom is 0.0947 e. The lowest BCUT2D eigenvalue weighted by Crippen LogP contribution is -2.32. The SMILES string of the molecule is COCCNCc1ccccc1N(C)CC(O)COC. The van der Waals surface area contributed by atoms with Crippen LogP contribution in [-0.4, -0.2) is 58.8 Å². The number of nitrogens with zero attached hydrogens (tertiary/aromatic N) is 1. The molecule has 1 atom stereocenters. The van der Waals surface area contributed by atoms with Crippen LogP contribution in [0.2, 0.25) is 0 Å². The minimum absolute atomic E-state index is 0.346. The van der Waals surface area contributed by atoms with Gasteiger partial charge in [-0.3, -0.25) is 0 Å². The van der Waals surface area contributed by atoms with Gasteiger partial charge in [-0.2, -0.15) is 0 Å². The Morgan fingerprint density at radius 2 is 2.00 bits per heavy atom. The Morgan fingerprint density at radius 1 is 1.25 bits per heavy atom. The highest BCUT2D eigenvalue weighted by Crippen LogP contribution is 2.19. The number of nitrogens with one attached hydrogen (secondary N) is 1. The number of hydrogen-bond donors (Lipinski definition) is 2. The summed E-state index contributed by atoms with van der Waals surface area (Å²) in [6.45, 7) is 3.19. The minimum atomic E-state index is -0.487. The van der Waals surface area contributed by atoms with Crippen LogP contribution in [0.25, 0.3) is 0 Å². The first kappa shape index (κ1) is 16.9. The summed E-state index contributed by atoms with van der Waals surface area (Å²) in [5.41, 5.74) is 2.32. The maximum atomic E-state index is 9.82. The van der Waals surface area contributed by atoms with Gasteiger partial charge in [0.2, 0.25) is 0 Å². The highest BCUT2D eigenvalue weighted by Gasteiger charge is 2.11. The molecule has 114 valence electrons. The first-order valence-electron chi connectivity index (χ1n) is 6.84. The summed E-state index contributed by atoms with van der Waals surface area (Å²) >= 11 is 0. The first-order chi connectivity index (χ1) is 9.69. The predicted molar refractivity (Wildman–Crippen MR) is 81.2 cm³/mol. The largest absolute Gasteiger partial charge is 0.389 e. The normalized spacial score (nSPS) is 12.4. The molecule has 0 aromatic heterocycles. The van der Waals surface area contributed by atoms with Crippen molar-refractivity contribution in [1.82, 2.24) is 5.32 Å². The Kier molecular flexibility index (Phi) is 8.22. The highest BCUT2D eigenvalue weighted by molar-refractivity contribution is 5.53. The predicted octanol–water partition coefficient (Wildman–Crippen LogP) is 0.866. The van der Waals surface area contributed by atoms with Crippen LogP contribution < -0.4 is 10.2 Å². The van der Waals surface area contributed by atoms with Crippen LogP contribution >= 0.6 is 0 Å². The fraction of sp³-hybridized carbons (Fsp3) is 0.600. The number of benzene rings is 1. The fourth-order valence-electron chi connectivity index (χ4n) is 2.09. The lowest BCUT2D eigenvalue weighted by molar-refractivity contribution is 0.0695. The van der Waals surface area contributed by atoms with Crippen molar-refractivity contribution < 1.29 is 14.6 Å². The van der Waals surface area contributed by atoms with E-state index in [0.29, 0.717) is 19.8 Å². The van der Waals surface area contributed by atoms with Crippen molar-refractivity contribution in [3.8, 4) is 0 Å². The van der Waals surface area contributed by atoms with E-state index in [1.54, 1.807) is 14.2 Å². The van der Waals surface area contributed by atoms with E-state index in [1.165, 1.54) is 5.56 Å². The molecule has 0 fully saturated rings. The van der Waals surface area contributed by atoms with Crippen LogP contribution in [0.1, 0.15) is 5.56 Å². The smallest absolute Gasteiger partial charge is 0.0947 e. The van der Waals surface area contributed by atoms with Gasteiger partial charge >= 0.3 is 0 Å². The number of ether oxygens (including phenoxy) is 2. The van der Waals surface area contributed by atoms with Gasteiger partial charge in [0, 0.05) is 46.6 Å². The Bertz CT molecular complexity index is 374. The first-order valence-corrected chi connectivity index (χ1v) is 6.84. The Morgan fingerprint density at radius 3 is 2.70 bits per heavy atom. The zero-order valence-corrected chi connectivity index (χ0v) is 12.6. The number of likely N-dealkylation sites (N-methyl/N-ethyl adjacent to an activating group) is 1. The summed E-state index contributed by atoms with van der Waals surface area (Å²) in [6, 6.07) is 8.19. The molecule has 0 amide bonds.